The molecule has 334 valence electrons. The van der Waals surface area contributed by atoms with E-state index in [4.69, 9.17) is 14.5 Å². The number of hydrogen-bond acceptors (Lipinski definition) is 12. The molecule has 4 aliphatic carbocycles. The Hall–Kier alpha value is -4.16. The number of aliphatic hydroxyl groups is 2. The highest BCUT2D eigenvalue weighted by molar-refractivity contribution is 7.91. The van der Waals surface area contributed by atoms with Crippen LogP contribution in [0, 0.1) is 23.0 Å². The van der Waals surface area contributed by atoms with Gasteiger partial charge in [-0.15, -0.1) is 6.58 Å². The third kappa shape index (κ3) is 8.71. The van der Waals surface area contributed by atoms with Gasteiger partial charge in [0.05, 0.1) is 29.5 Å². The molecule has 3 aliphatic heterocycles. The van der Waals surface area contributed by atoms with E-state index in [1.54, 1.807) is 0 Å². The van der Waals surface area contributed by atoms with Gasteiger partial charge in [-0.1, -0.05) is 80.0 Å². The molecular weight excluding hydrogens is 813 g/mol. The van der Waals surface area contributed by atoms with Crippen molar-refractivity contribution in [2.75, 3.05) is 13.1 Å². The molecule has 5 N–H and O–H groups in total. The fraction of sp³-hybridized carbons (Fsp3) is 0.587. The number of allylic oxidation sites excluding steroid dienone is 1. The van der Waals surface area contributed by atoms with Crippen LogP contribution < -0.4 is 15.4 Å². The molecule has 0 aromatic heterocycles. The third-order valence-electron chi connectivity index (χ3n) is 14.5. The largest absolute Gasteiger partial charge is 0.630 e. The Kier molecular flexibility index (Phi) is 12.1. The summed E-state index contributed by atoms with van der Waals surface area (Å²) in [5.74, 6) is -2.23. The quantitative estimate of drug-likeness (QED) is 0.141. The second-order valence-corrected chi connectivity index (χ2v) is 20.6. The summed E-state index contributed by atoms with van der Waals surface area (Å²) in [6.07, 6.45) is 9.85. The summed E-state index contributed by atoms with van der Waals surface area (Å²) < 4.78 is 39.5. The molecule has 2 bridgehead atoms. The summed E-state index contributed by atoms with van der Waals surface area (Å²) in [5, 5.41) is 44.9. The first-order valence-electron chi connectivity index (χ1n) is 22.6. The minimum Gasteiger partial charge on any atom is -0.630 e. The number of fused-ring (bicyclic) bond motifs is 5. The van der Waals surface area contributed by atoms with Gasteiger partial charge in [0.2, 0.25) is 22.7 Å². The van der Waals surface area contributed by atoms with Gasteiger partial charge in [-0.25, -0.2) is 8.42 Å². The lowest BCUT2D eigenvalue weighted by Crippen LogP contribution is -2.68. The topological polar surface area (TPSA) is 202 Å². The number of amides is 2. The van der Waals surface area contributed by atoms with E-state index < -0.39 is 74.0 Å². The van der Waals surface area contributed by atoms with E-state index in [1.807, 2.05) is 41.3 Å². The molecule has 0 radical (unpaired) electrons. The normalized spacial score (nSPS) is 35.8. The van der Waals surface area contributed by atoms with E-state index in [-0.39, 0.29) is 37.3 Å². The number of ether oxygens (including phenoxy) is 2. The molecule has 16 heteroatoms. The van der Waals surface area contributed by atoms with Crippen molar-refractivity contribution < 1.29 is 42.3 Å². The average Bonchev–Trinajstić information content (AvgIpc) is 4.08. The molecule has 4 saturated carbocycles. The molecule has 1 saturated heterocycles. The molecular formula is C46H60N6O9S. The summed E-state index contributed by atoms with van der Waals surface area (Å²) in [6, 6.07) is 14.0. The molecule has 0 spiro atoms. The van der Waals surface area contributed by atoms with Gasteiger partial charge in [0, 0.05) is 19.0 Å². The summed E-state index contributed by atoms with van der Waals surface area (Å²) in [7, 11) is -3.95. The van der Waals surface area contributed by atoms with Crippen LogP contribution in [-0.4, -0.2) is 107 Å². The number of aliphatic hydroxyl groups excluding tert-OH is 2. The zero-order chi connectivity index (χ0) is 43.2. The van der Waals surface area contributed by atoms with Crippen molar-refractivity contribution in [3.63, 3.8) is 0 Å². The second kappa shape index (κ2) is 17.4. The maximum absolute atomic E-state index is 15.7. The first-order valence-corrected chi connectivity index (χ1v) is 24.1. The fourth-order valence-electron chi connectivity index (χ4n) is 10.7. The van der Waals surface area contributed by atoms with Crippen molar-refractivity contribution in [3.8, 4) is 11.1 Å². The number of carbonyl (C=O) groups is 2. The van der Waals surface area contributed by atoms with Crippen molar-refractivity contribution in [1.82, 2.24) is 20.3 Å². The maximum Gasteiger partial charge on any atom is 0.293 e. The molecule has 62 heavy (non-hydrogen) atoms. The predicted molar refractivity (Wildman–Crippen MR) is 232 cm³/mol. The molecule has 2 aromatic carbocycles. The van der Waals surface area contributed by atoms with Crippen LogP contribution in [0.3, 0.4) is 0 Å². The van der Waals surface area contributed by atoms with Gasteiger partial charge in [0.15, 0.2) is 12.1 Å². The molecule has 7 aliphatic rings. The van der Waals surface area contributed by atoms with E-state index in [0.717, 1.165) is 67.3 Å². The van der Waals surface area contributed by atoms with E-state index in [1.165, 1.54) is 6.08 Å². The Morgan fingerprint density at radius 3 is 2.50 bits per heavy atom. The molecule has 15 nitrogen and oxygen atoms in total. The molecule has 5 fully saturated rings. The Balaban J connectivity index is 1.07. The summed E-state index contributed by atoms with van der Waals surface area (Å²) in [6.45, 7) is 4.43. The summed E-state index contributed by atoms with van der Waals surface area (Å²) in [5.41, 5.74) is 2.12. The van der Waals surface area contributed by atoms with Crippen molar-refractivity contribution >= 4 is 33.5 Å². The highest BCUT2D eigenvalue weighted by Gasteiger charge is 2.63. The Labute approximate surface area is 363 Å². The lowest BCUT2D eigenvalue weighted by atomic mass is 9.95. The smallest absolute Gasteiger partial charge is 0.293 e. The number of nitrogens with zero attached hydrogens (tertiary/aromatic N) is 3. The number of hydrogen-bond donors (Lipinski definition) is 5. The minimum absolute atomic E-state index is 0.101. The summed E-state index contributed by atoms with van der Waals surface area (Å²) in [4.78, 5) is 35.5. The SMILES string of the molecule is C=C[C@@H]1C[C@]1(NC(=O)[C@@H]1C[C@@H]2C[N+]1([O-])C(O)[C@H](C1CCCC1)NC(O)O[C@@H]1CCC[C@H]1CC/C=C/CN1Cc3ccc(-c4ccccc4)cc3N=C1O2)C(=O)NS(=O)(=O)C1CC1. The van der Waals surface area contributed by atoms with Crippen LogP contribution in [0.5, 0.6) is 0 Å². The van der Waals surface area contributed by atoms with Crippen LogP contribution in [0.25, 0.3) is 11.1 Å². The van der Waals surface area contributed by atoms with Crippen molar-refractivity contribution in [2.24, 2.45) is 22.7 Å². The van der Waals surface area contributed by atoms with Crippen LogP contribution in [0.2, 0.25) is 0 Å². The van der Waals surface area contributed by atoms with Crippen molar-refractivity contribution in [2.45, 2.75) is 138 Å². The highest BCUT2D eigenvalue weighted by atomic mass is 32.2. The zero-order valence-electron chi connectivity index (χ0n) is 35.1. The van der Waals surface area contributed by atoms with Crippen LogP contribution in [-0.2, 0) is 35.6 Å². The Morgan fingerprint density at radius 1 is 0.984 bits per heavy atom. The van der Waals surface area contributed by atoms with Crippen LogP contribution >= 0.6 is 0 Å². The van der Waals surface area contributed by atoms with Crippen LogP contribution in [0.1, 0.15) is 89.0 Å². The van der Waals surface area contributed by atoms with Gasteiger partial charge < -0.3 is 39.8 Å². The predicted octanol–water partition coefficient (Wildman–Crippen LogP) is 4.58. The monoisotopic (exact) mass is 872 g/mol. The Morgan fingerprint density at radius 2 is 1.76 bits per heavy atom. The van der Waals surface area contributed by atoms with Crippen molar-refractivity contribution in [3.05, 3.63) is 84.1 Å². The van der Waals surface area contributed by atoms with Crippen LogP contribution in [0.15, 0.2) is 78.3 Å². The number of aliphatic imine (C=N–C) groups is 1. The highest BCUT2D eigenvalue weighted by Crippen LogP contribution is 2.46. The number of quaternary nitrogens is 1. The Bertz CT molecular complexity index is 2180. The van der Waals surface area contributed by atoms with Gasteiger partial charge in [-0.05, 0) is 92.4 Å². The number of hydroxylamine groups is 3. The molecule has 2 amide bonds. The third-order valence-corrected chi connectivity index (χ3v) is 16.3. The molecule has 3 heterocycles. The van der Waals surface area contributed by atoms with Gasteiger partial charge >= 0.3 is 0 Å². The molecule has 3 unspecified atom stereocenters. The average molecular weight is 873 g/mol. The fourth-order valence-corrected chi connectivity index (χ4v) is 12.0. The number of nitrogens with one attached hydrogen (secondary N) is 3. The van der Waals surface area contributed by atoms with Crippen molar-refractivity contribution in [1.29, 1.82) is 0 Å². The second-order valence-electron chi connectivity index (χ2n) is 18.6. The number of rotatable bonds is 8. The van der Waals surface area contributed by atoms with E-state index in [2.05, 4.69) is 46.2 Å². The van der Waals surface area contributed by atoms with Gasteiger partial charge in [-0.3, -0.25) is 19.6 Å². The first-order chi connectivity index (χ1) is 29.9. The number of amidine groups is 1. The number of carbonyl (C=O) groups excluding carboxylic acids is 2. The lowest BCUT2D eigenvalue weighted by molar-refractivity contribution is -0.933. The number of benzene rings is 2. The van der Waals surface area contributed by atoms with E-state index >= 15 is 5.21 Å². The summed E-state index contributed by atoms with van der Waals surface area (Å²) >= 11 is 0. The van der Waals surface area contributed by atoms with Crippen LogP contribution in [0.4, 0.5) is 5.69 Å². The van der Waals surface area contributed by atoms with Gasteiger partial charge in [0.25, 0.3) is 17.8 Å². The molecule has 10 atom stereocenters. The first kappa shape index (κ1) is 43.1. The minimum atomic E-state index is -3.95. The molecule has 9 rings (SSSR count). The number of sulfonamides is 1. The maximum atomic E-state index is 15.7. The van der Waals surface area contributed by atoms with E-state index in [0.29, 0.717) is 44.8 Å². The molecule has 2 aromatic rings. The standard InChI is InChI=1S/C46H60N6O9S/c1-2-34-26-46(34,43(55)50-62(58,59)36-21-22-36)49-41(53)38-25-35-28-52(38,57)42(54)40(31-15-8-9-16-31)48-45(56)61-39-18-11-17-30(39)14-7-4-10-23-51-27-33-20-19-32(29-12-5-3-6-13-29)24-37(33)47-44(51)60-35/h2-6,10,12-13,19-20,24,30-31,34-36,38-40,42,45,48,54,56H,1,7-9,11,14-18,21-23,25-28H2,(H,49,53)(H,50,55)/b10-4+/t30-,34-,35-,38+,39-,40+,42?,45?,46-,52?/m1/s1. The van der Waals surface area contributed by atoms with E-state index in [9.17, 15) is 28.2 Å². The van der Waals surface area contributed by atoms with Gasteiger partial charge in [0.1, 0.15) is 12.1 Å². The zero-order valence-corrected chi connectivity index (χ0v) is 36.0. The van der Waals surface area contributed by atoms with Gasteiger partial charge in [-0.2, -0.15) is 4.99 Å². The lowest BCUT2D eigenvalue weighted by Gasteiger charge is -2.50.